The Labute approximate surface area is 181 Å². The van der Waals surface area contributed by atoms with Gasteiger partial charge in [-0.25, -0.2) is 8.42 Å². The van der Waals surface area contributed by atoms with Crippen molar-refractivity contribution >= 4 is 38.7 Å². The number of nitrogens with zero attached hydrogens (tertiary/aromatic N) is 3. The van der Waals surface area contributed by atoms with E-state index in [1.54, 1.807) is 19.1 Å². The lowest BCUT2D eigenvalue weighted by Crippen LogP contribution is -2.47. The van der Waals surface area contributed by atoms with E-state index in [1.165, 1.54) is 18.2 Å². The van der Waals surface area contributed by atoms with Crippen molar-refractivity contribution in [1.29, 1.82) is 0 Å². The second-order valence-electron chi connectivity index (χ2n) is 7.49. The Morgan fingerprint density at radius 2 is 1.84 bits per heavy atom. The number of sulfonamides is 1. The van der Waals surface area contributed by atoms with Crippen molar-refractivity contribution in [1.82, 2.24) is 0 Å². The van der Waals surface area contributed by atoms with E-state index < -0.39 is 26.9 Å². The zero-order valence-corrected chi connectivity index (χ0v) is 18.3. The first-order chi connectivity index (χ1) is 14.7. The average molecular weight is 447 g/mol. The Kier molecular flexibility index (Phi) is 6.79. The minimum atomic E-state index is -3.88. The number of nitrogens with one attached hydrogen (secondary N) is 1. The van der Waals surface area contributed by atoms with Crippen LogP contribution in [0.2, 0.25) is 0 Å². The molecule has 0 radical (unpaired) electrons. The summed E-state index contributed by atoms with van der Waals surface area (Å²) in [5.74, 6) is -0.506. The molecule has 1 aliphatic rings. The van der Waals surface area contributed by atoms with Gasteiger partial charge in [0, 0.05) is 36.6 Å². The number of carbonyl (C=O) groups excluding carboxylic acids is 1. The average Bonchev–Trinajstić information content (AvgIpc) is 3.26. The van der Waals surface area contributed by atoms with Crippen molar-refractivity contribution in [2.75, 3.05) is 33.9 Å². The van der Waals surface area contributed by atoms with Gasteiger partial charge in [-0.3, -0.25) is 19.2 Å². The van der Waals surface area contributed by atoms with Gasteiger partial charge in [-0.2, -0.15) is 0 Å². The molecule has 0 saturated carbocycles. The third-order valence-corrected chi connectivity index (χ3v) is 6.41. The van der Waals surface area contributed by atoms with E-state index in [-0.39, 0.29) is 17.8 Å². The number of carbonyl (C=O) groups is 1. The number of non-ortho nitro benzene ring substituents is 1. The van der Waals surface area contributed by atoms with Crippen molar-refractivity contribution in [2.45, 2.75) is 32.2 Å². The van der Waals surface area contributed by atoms with Gasteiger partial charge >= 0.3 is 0 Å². The highest BCUT2D eigenvalue weighted by atomic mass is 32.2. The first-order valence-electron chi connectivity index (χ1n) is 10.1. The van der Waals surface area contributed by atoms with Gasteiger partial charge in [0.2, 0.25) is 15.9 Å². The van der Waals surface area contributed by atoms with Gasteiger partial charge in [0.1, 0.15) is 6.04 Å². The second kappa shape index (κ2) is 9.34. The standard InChI is InChI=1S/C21H26N4O5S/c1-3-20(24(31(2,29)30)18-7-6-8-19(15-18)25(27)28)21(26)22-16-9-11-17(12-10-16)23-13-4-5-14-23/h6-12,15,20H,3-5,13-14H2,1-2H3,(H,22,26). The van der Waals surface area contributed by atoms with Crippen LogP contribution < -0.4 is 14.5 Å². The van der Waals surface area contributed by atoms with E-state index in [9.17, 15) is 23.3 Å². The number of hydrogen-bond donors (Lipinski definition) is 1. The summed E-state index contributed by atoms with van der Waals surface area (Å²) >= 11 is 0. The maximum Gasteiger partial charge on any atom is 0.271 e. The summed E-state index contributed by atoms with van der Waals surface area (Å²) in [4.78, 5) is 25.8. The van der Waals surface area contributed by atoms with Crippen molar-refractivity contribution in [3.63, 3.8) is 0 Å². The van der Waals surface area contributed by atoms with Crippen LogP contribution in [0, 0.1) is 10.1 Å². The summed E-state index contributed by atoms with van der Waals surface area (Å²) in [7, 11) is -3.88. The van der Waals surface area contributed by atoms with Gasteiger partial charge in [-0.15, -0.1) is 0 Å². The molecule has 1 saturated heterocycles. The third kappa shape index (κ3) is 5.32. The number of benzene rings is 2. The molecule has 1 N–H and O–H groups in total. The lowest BCUT2D eigenvalue weighted by molar-refractivity contribution is -0.384. The van der Waals surface area contributed by atoms with Gasteiger partial charge in [0.05, 0.1) is 16.9 Å². The Bertz CT molecular complexity index is 1050. The SMILES string of the molecule is CCC(C(=O)Nc1ccc(N2CCCC2)cc1)N(c1cccc([N+](=O)[O-])c1)S(C)(=O)=O. The van der Waals surface area contributed by atoms with Crippen molar-refractivity contribution < 1.29 is 18.1 Å². The molecule has 3 rings (SSSR count). The summed E-state index contributed by atoms with van der Waals surface area (Å²) in [6, 6.07) is 11.6. The molecule has 2 aromatic carbocycles. The van der Waals surface area contributed by atoms with Gasteiger partial charge in [0.25, 0.3) is 5.69 Å². The van der Waals surface area contributed by atoms with Gasteiger partial charge in [-0.1, -0.05) is 13.0 Å². The monoisotopic (exact) mass is 446 g/mol. The molecule has 1 amide bonds. The molecule has 2 aromatic rings. The van der Waals surface area contributed by atoms with Crippen LogP contribution in [0.4, 0.5) is 22.7 Å². The molecule has 31 heavy (non-hydrogen) atoms. The first-order valence-corrected chi connectivity index (χ1v) is 11.9. The molecule has 166 valence electrons. The van der Waals surface area contributed by atoms with Crippen LogP contribution in [-0.4, -0.2) is 44.6 Å². The number of hydrogen-bond acceptors (Lipinski definition) is 6. The molecule has 9 nitrogen and oxygen atoms in total. The van der Waals surface area contributed by atoms with Crippen LogP contribution in [0.1, 0.15) is 26.2 Å². The number of amides is 1. The van der Waals surface area contributed by atoms with E-state index in [0.29, 0.717) is 5.69 Å². The summed E-state index contributed by atoms with van der Waals surface area (Å²) in [5, 5.41) is 13.9. The molecule has 0 aromatic heterocycles. The Balaban J connectivity index is 1.84. The van der Waals surface area contributed by atoms with Crippen LogP contribution in [0.15, 0.2) is 48.5 Å². The van der Waals surface area contributed by atoms with Gasteiger partial charge < -0.3 is 10.2 Å². The summed E-state index contributed by atoms with van der Waals surface area (Å²) in [5.41, 5.74) is 1.46. The number of nitro benzene ring substituents is 1. The number of nitro groups is 1. The van der Waals surface area contributed by atoms with Gasteiger partial charge in [-0.05, 0) is 49.6 Å². The Morgan fingerprint density at radius 3 is 2.39 bits per heavy atom. The molecule has 0 bridgehead atoms. The summed E-state index contributed by atoms with van der Waals surface area (Å²) in [6.45, 7) is 3.71. The van der Waals surface area contributed by atoms with E-state index in [4.69, 9.17) is 0 Å². The fourth-order valence-electron chi connectivity index (χ4n) is 3.76. The molecular weight excluding hydrogens is 420 g/mol. The maximum atomic E-state index is 13.0. The molecular formula is C21H26N4O5S. The summed E-state index contributed by atoms with van der Waals surface area (Å²) in [6.07, 6.45) is 3.49. The Hall–Kier alpha value is -3.14. The minimum absolute atomic E-state index is 0.0723. The molecule has 1 aliphatic heterocycles. The minimum Gasteiger partial charge on any atom is -0.372 e. The fraction of sp³-hybridized carbons (Fsp3) is 0.381. The quantitative estimate of drug-likeness (QED) is 0.491. The van der Waals surface area contributed by atoms with Crippen LogP contribution in [0.25, 0.3) is 0 Å². The summed E-state index contributed by atoms with van der Waals surface area (Å²) < 4.78 is 26.0. The zero-order chi connectivity index (χ0) is 22.6. The first kappa shape index (κ1) is 22.5. The molecule has 1 fully saturated rings. The smallest absolute Gasteiger partial charge is 0.271 e. The van der Waals surface area contributed by atoms with Crippen LogP contribution in [0.5, 0.6) is 0 Å². The van der Waals surface area contributed by atoms with Crippen molar-refractivity contribution in [2.24, 2.45) is 0 Å². The lowest BCUT2D eigenvalue weighted by atomic mass is 10.1. The van der Waals surface area contributed by atoms with Crippen LogP contribution in [-0.2, 0) is 14.8 Å². The molecule has 1 atom stereocenters. The topological polar surface area (TPSA) is 113 Å². The highest BCUT2D eigenvalue weighted by Crippen LogP contribution is 2.27. The normalized spacial score (nSPS) is 14.8. The van der Waals surface area contributed by atoms with E-state index in [1.807, 2.05) is 12.1 Å². The molecule has 1 heterocycles. The fourth-order valence-corrected chi connectivity index (χ4v) is 4.96. The predicted molar refractivity (Wildman–Crippen MR) is 121 cm³/mol. The third-order valence-electron chi connectivity index (χ3n) is 5.23. The molecule has 1 unspecified atom stereocenters. The van der Waals surface area contributed by atoms with Crippen LogP contribution in [0.3, 0.4) is 0 Å². The van der Waals surface area contributed by atoms with E-state index in [2.05, 4.69) is 10.2 Å². The number of rotatable bonds is 8. The van der Waals surface area contributed by atoms with Crippen molar-refractivity contribution in [3.05, 3.63) is 58.6 Å². The van der Waals surface area contributed by atoms with Crippen LogP contribution >= 0.6 is 0 Å². The highest BCUT2D eigenvalue weighted by Gasteiger charge is 2.32. The highest BCUT2D eigenvalue weighted by molar-refractivity contribution is 7.92. The molecule has 10 heteroatoms. The molecule has 0 aliphatic carbocycles. The van der Waals surface area contributed by atoms with Crippen molar-refractivity contribution in [3.8, 4) is 0 Å². The largest absolute Gasteiger partial charge is 0.372 e. The van der Waals surface area contributed by atoms with E-state index >= 15 is 0 Å². The lowest BCUT2D eigenvalue weighted by Gasteiger charge is -2.30. The second-order valence-corrected chi connectivity index (χ2v) is 9.35. The Morgan fingerprint density at radius 1 is 1.19 bits per heavy atom. The molecule has 0 spiro atoms. The predicted octanol–water partition coefficient (Wildman–Crippen LogP) is 3.38. The maximum absolute atomic E-state index is 13.0. The number of anilines is 3. The van der Waals surface area contributed by atoms with E-state index in [0.717, 1.165) is 48.2 Å². The zero-order valence-electron chi connectivity index (χ0n) is 17.5. The van der Waals surface area contributed by atoms with Gasteiger partial charge in [0.15, 0.2) is 0 Å².